The van der Waals surface area contributed by atoms with Crippen LogP contribution in [-0.2, 0) is 30.6 Å². The molecular formula is C24H24Cl2N4O5S2. The third-order valence-corrected chi connectivity index (χ3v) is 9.72. The lowest BCUT2D eigenvalue weighted by atomic mass is 9.99. The Bertz CT molecular complexity index is 1470. The molecule has 0 spiro atoms. The number of halogens is 2. The average molecular weight is 584 g/mol. The fourth-order valence-corrected chi connectivity index (χ4v) is 7.31. The van der Waals surface area contributed by atoms with Crippen LogP contribution in [-0.4, -0.2) is 45.1 Å². The highest BCUT2D eigenvalue weighted by Gasteiger charge is 2.33. The van der Waals surface area contributed by atoms with Gasteiger partial charge in [0.15, 0.2) is 0 Å². The van der Waals surface area contributed by atoms with Crippen molar-refractivity contribution in [1.29, 1.82) is 0 Å². The van der Waals surface area contributed by atoms with Gasteiger partial charge in [-0.1, -0.05) is 35.3 Å². The van der Waals surface area contributed by atoms with Crippen LogP contribution in [0.2, 0.25) is 10.0 Å². The Morgan fingerprint density at radius 2 is 1.68 bits per heavy atom. The molecule has 1 aliphatic heterocycles. The van der Waals surface area contributed by atoms with Crippen molar-refractivity contribution in [3.8, 4) is 0 Å². The van der Waals surface area contributed by atoms with E-state index in [2.05, 4.69) is 15.0 Å². The van der Waals surface area contributed by atoms with E-state index in [0.717, 1.165) is 0 Å². The first-order chi connectivity index (χ1) is 17.5. The van der Waals surface area contributed by atoms with Gasteiger partial charge >= 0.3 is 0 Å². The molecule has 13 heteroatoms. The summed E-state index contributed by atoms with van der Waals surface area (Å²) in [4.78, 5) is 16.9. The number of carbonyl (C=O) groups excluding carboxylic acids is 1. The smallest absolute Gasteiger partial charge is 0.263 e. The number of pyridine rings is 1. The molecule has 4 rings (SSSR count). The van der Waals surface area contributed by atoms with Crippen LogP contribution in [0.5, 0.6) is 0 Å². The molecule has 2 heterocycles. The Hall–Kier alpha value is -2.70. The van der Waals surface area contributed by atoms with Crippen molar-refractivity contribution in [3.63, 3.8) is 0 Å². The summed E-state index contributed by atoms with van der Waals surface area (Å²) in [6.07, 6.45) is 2.51. The first-order valence-electron chi connectivity index (χ1n) is 11.3. The zero-order valence-electron chi connectivity index (χ0n) is 19.5. The number of carbonyl (C=O) groups is 1. The molecule has 0 unspecified atom stereocenters. The minimum Gasteiger partial charge on any atom is -0.326 e. The lowest BCUT2D eigenvalue weighted by molar-refractivity contribution is -0.120. The number of benzene rings is 2. The molecular weight excluding hydrogens is 559 g/mol. The lowest BCUT2D eigenvalue weighted by Gasteiger charge is -2.31. The zero-order chi connectivity index (χ0) is 26.6. The Balaban J connectivity index is 1.39. The number of nitrogens with one attached hydrogen (secondary N) is 2. The summed E-state index contributed by atoms with van der Waals surface area (Å²) in [5.74, 6) is -1.09. The number of nitrogens with zero attached hydrogens (tertiary/aromatic N) is 2. The monoisotopic (exact) mass is 582 g/mol. The van der Waals surface area contributed by atoms with E-state index < -0.39 is 26.0 Å². The van der Waals surface area contributed by atoms with Gasteiger partial charge in [-0.3, -0.25) is 9.52 Å². The van der Waals surface area contributed by atoms with Crippen molar-refractivity contribution in [3.05, 3.63) is 82.5 Å². The molecule has 2 aromatic carbocycles. The van der Waals surface area contributed by atoms with E-state index in [9.17, 15) is 21.6 Å². The van der Waals surface area contributed by atoms with Gasteiger partial charge in [-0.05, 0) is 61.4 Å². The SMILES string of the molecule is O=C(Nc1ccc(S(=O)(=O)Nc2ccccn2)cc1)[C@H]1CCCN(S(=O)(=O)Cc2c(Cl)cccc2Cl)C1. The maximum absolute atomic E-state index is 13.1. The van der Waals surface area contributed by atoms with Gasteiger partial charge in [0.1, 0.15) is 5.82 Å². The van der Waals surface area contributed by atoms with Crippen molar-refractivity contribution in [1.82, 2.24) is 9.29 Å². The fourth-order valence-electron chi connectivity index (χ4n) is 3.93. The first kappa shape index (κ1) is 27.3. The molecule has 1 atom stereocenters. The maximum atomic E-state index is 13.1. The number of piperidine rings is 1. The molecule has 196 valence electrons. The fraction of sp³-hybridized carbons (Fsp3) is 0.250. The van der Waals surface area contributed by atoms with Crippen LogP contribution in [0.1, 0.15) is 18.4 Å². The molecule has 2 N–H and O–H groups in total. The Kier molecular flexibility index (Phi) is 8.39. The van der Waals surface area contributed by atoms with Gasteiger partial charge in [0.05, 0.1) is 16.6 Å². The molecule has 3 aromatic rings. The molecule has 9 nitrogen and oxygen atoms in total. The van der Waals surface area contributed by atoms with Crippen LogP contribution < -0.4 is 10.0 Å². The molecule has 0 bridgehead atoms. The van der Waals surface area contributed by atoms with Gasteiger partial charge in [-0.15, -0.1) is 0 Å². The molecule has 37 heavy (non-hydrogen) atoms. The van der Waals surface area contributed by atoms with E-state index in [4.69, 9.17) is 23.2 Å². The maximum Gasteiger partial charge on any atom is 0.263 e. The molecule has 1 aromatic heterocycles. The van der Waals surface area contributed by atoms with Gasteiger partial charge < -0.3 is 5.32 Å². The highest BCUT2D eigenvalue weighted by atomic mass is 35.5. The number of hydrogen-bond donors (Lipinski definition) is 2. The summed E-state index contributed by atoms with van der Waals surface area (Å²) in [7, 11) is -7.61. The van der Waals surface area contributed by atoms with E-state index >= 15 is 0 Å². The van der Waals surface area contributed by atoms with E-state index in [1.54, 1.807) is 30.3 Å². The van der Waals surface area contributed by atoms with Crippen LogP contribution in [0, 0.1) is 5.92 Å². The van der Waals surface area contributed by atoms with Crippen LogP contribution in [0.25, 0.3) is 0 Å². The van der Waals surface area contributed by atoms with Crippen LogP contribution in [0.15, 0.2) is 71.8 Å². The number of rotatable bonds is 8. The molecule has 1 saturated heterocycles. The molecule has 0 radical (unpaired) electrons. The standard InChI is InChI=1S/C24H24Cl2N4O5S2/c25-21-6-3-7-22(26)20(21)16-36(32,33)30-14-4-5-17(15-30)24(31)28-18-9-11-19(12-10-18)37(34,35)29-23-8-1-2-13-27-23/h1-3,6-13,17H,4-5,14-16H2,(H,27,29)(H,28,31)/t17-/m0/s1. The minimum absolute atomic E-state index is 0.00400. The Morgan fingerprint density at radius 1 is 0.973 bits per heavy atom. The summed E-state index contributed by atoms with van der Waals surface area (Å²) in [5.41, 5.74) is 0.717. The second kappa shape index (κ2) is 11.4. The van der Waals surface area contributed by atoms with Gasteiger partial charge in [0.2, 0.25) is 15.9 Å². The molecule has 1 amide bonds. The number of amides is 1. The van der Waals surface area contributed by atoms with Gasteiger partial charge in [0, 0.05) is 40.6 Å². The summed E-state index contributed by atoms with van der Waals surface area (Å²) in [6, 6.07) is 15.3. The topological polar surface area (TPSA) is 126 Å². The summed E-state index contributed by atoms with van der Waals surface area (Å²) < 4.78 is 54.9. The quantitative estimate of drug-likeness (QED) is 0.406. The highest BCUT2D eigenvalue weighted by Crippen LogP contribution is 2.29. The number of aromatic nitrogens is 1. The van der Waals surface area contributed by atoms with Gasteiger partial charge in [0.25, 0.3) is 10.0 Å². The van der Waals surface area contributed by atoms with Crippen molar-refractivity contribution in [2.45, 2.75) is 23.5 Å². The predicted octanol–water partition coefficient (Wildman–Crippen LogP) is 4.37. The molecule has 1 aliphatic rings. The normalized spacial score (nSPS) is 16.8. The van der Waals surface area contributed by atoms with E-state index in [-0.39, 0.29) is 39.0 Å². The average Bonchev–Trinajstić information content (AvgIpc) is 2.87. The van der Waals surface area contributed by atoms with E-state index in [1.165, 1.54) is 40.8 Å². The summed E-state index contributed by atoms with van der Waals surface area (Å²) >= 11 is 12.3. The van der Waals surface area contributed by atoms with Crippen molar-refractivity contribution in [2.75, 3.05) is 23.1 Å². The van der Waals surface area contributed by atoms with Crippen molar-refractivity contribution >= 4 is 60.7 Å². The summed E-state index contributed by atoms with van der Waals surface area (Å²) in [5, 5.41) is 3.28. The van der Waals surface area contributed by atoms with Gasteiger partial charge in [-0.25, -0.2) is 26.1 Å². The molecule has 0 saturated carbocycles. The van der Waals surface area contributed by atoms with Crippen molar-refractivity contribution < 1.29 is 21.6 Å². The number of hydrogen-bond acceptors (Lipinski definition) is 6. The van der Waals surface area contributed by atoms with Crippen LogP contribution in [0.4, 0.5) is 11.5 Å². The highest BCUT2D eigenvalue weighted by molar-refractivity contribution is 7.92. The van der Waals surface area contributed by atoms with Crippen molar-refractivity contribution in [2.24, 2.45) is 5.92 Å². The Labute approximate surface area is 225 Å². The molecule has 1 fully saturated rings. The second-order valence-electron chi connectivity index (χ2n) is 8.49. The predicted molar refractivity (Wildman–Crippen MR) is 143 cm³/mol. The zero-order valence-corrected chi connectivity index (χ0v) is 22.6. The minimum atomic E-state index is -3.85. The lowest BCUT2D eigenvalue weighted by Crippen LogP contribution is -2.44. The first-order valence-corrected chi connectivity index (χ1v) is 15.2. The van der Waals surface area contributed by atoms with E-state index in [0.29, 0.717) is 30.6 Å². The number of sulfonamides is 2. The molecule has 0 aliphatic carbocycles. The third kappa shape index (κ3) is 6.79. The largest absolute Gasteiger partial charge is 0.326 e. The third-order valence-electron chi connectivity index (χ3n) is 5.87. The number of anilines is 2. The summed E-state index contributed by atoms with van der Waals surface area (Å²) in [6.45, 7) is 0.320. The van der Waals surface area contributed by atoms with E-state index in [1.807, 2.05) is 0 Å². The second-order valence-corrected chi connectivity index (χ2v) is 13.0. The Morgan fingerprint density at radius 3 is 2.32 bits per heavy atom. The van der Waals surface area contributed by atoms with Crippen LogP contribution in [0.3, 0.4) is 0 Å². The van der Waals surface area contributed by atoms with Crippen LogP contribution >= 0.6 is 23.2 Å². The van der Waals surface area contributed by atoms with Gasteiger partial charge in [-0.2, -0.15) is 0 Å².